The van der Waals surface area contributed by atoms with Crippen molar-refractivity contribution in [3.63, 3.8) is 0 Å². The number of hydrogen-bond donors (Lipinski definition) is 0. The first-order valence-electron chi connectivity index (χ1n) is 26.6. The first-order valence-corrected chi connectivity index (χ1v) is 26.6. The van der Waals surface area contributed by atoms with Crippen molar-refractivity contribution in [1.29, 1.82) is 0 Å². The van der Waals surface area contributed by atoms with E-state index in [9.17, 15) is 0 Å². The highest BCUT2D eigenvalue weighted by Crippen LogP contribution is 2.44. The molecule has 0 atom stereocenters. The van der Waals surface area contributed by atoms with Crippen LogP contribution in [0.5, 0.6) is 0 Å². The summed E-state index contributed by atoms with van der Waals surface area (Å²) in [5, 5.41) is 3.77. The Morgan fingerprint density at radius 2 is 0.588 bits per heavy atom. The van der Waals surface area contributed by atoms with E-state index in [-0.39, 0.29) is 0 Å². The molecule has 0 bridgehead atoms. The Kier molecular flexibility index (Phi) is 11.3. The summed E-state index contributed by atoms with van der Waals surface area (Å²) in [6.45, 7) is 0. The molecule has 8 heteroatoms. The van der Waals surface area contributed by atoms with E-state index in [2.05, 4.69) is 164 Å². The molecular weight excluding hydrogens is 981 g/mol. The van der Waals surface area contributed by atoms with E-state index in [0.29, 0.717) is 40.5 Å². The summed E-state index contributed by atoms with van der Waals surface area (Å²) in [6.07, 6.45) is 0. The molecule has 15 aromatic rings. The zero-order valence-electron chi connectivity index (χ0n) is 42.9. The van der Waals surface area contributed by atoms with Gasteiger partial charge in [-0.3, -0.25) is 0 Å². The third-order valence-corrected chi connectivity index (χ3v) is 14.8. The summed E-state index contributed by atoms with van der Waals surface area (Å²) in [4.78, 5) is 31.5. The normalized spacial score (nSPS) is 11.5. The van der Waals surface area contributed by atoms with Crippen molar-refractivity contribution in [2.75, 3.05) is 0 Å². The third kappa shape index (κ3) is 8.45. The van der Waals surface area contributed by atoms with Crippen LogP contribution in [0.15, 0.2) is 276 Å². The molecule has 374 valence electrons. The molecule has 0 amide bonds. The maximum absolute atomic E-state index is 6.94. The smallest absolute Gasteiger partial charge is 0.164 e. The zero-order chi connectivity index (χ0) is 52.9. The molecule has 8 nitrogen and oxygen atoms in total. The summed E-state index contributed by atoms with van der Waals surface area (Å²) in [5.74, 6) is 3.28. The van der Waals surface area contributed by atoms with Crippen LogP contribution in [0.3, 0.4) is 0 Å². The van der Waals surface area contributed by atoms with E-state index >= 15 is 0 Å². The van der Waals surface area contributed by atoms with Crippen LogP contribution in [0.1, 0.15) is 0 Å². The van der Waals surface area contributed by atoms with Gasteiger partial charge in [0.25, 0.3) is 0 Å². The number of fused-ring (bicyclic) bond motifs is 6. The highest BCUT2D eigenvalue weighted by molar-refractivity contribution is 6.16. The summed E-state index contributed by atoms with van der Waals surface area (Å²) in [7, 11) is 0. The van der Waals surface area contributed by atoms with Gasteiger partial charge in [0.2, 0.25) is 0 Å². The van der Waals surface area contributed by atoms with Crippen LogP contribution >= 0.6 is 0 Å². The van der Waals surface area contributed by atoms with Crippen molar-refractivity contribution in [2.24, 2.45) is 0 Å². The molecule has 4 heterocycles. The monoisotopic (exact) mass is 1020 g/mol. The molecule has 15 rings (SSSR count). The molecule has 0 spiro atoms. The predicted octanol–water partition coefficient (Wildman–Crippen LogP) is 18.5. The standard InChI is InChI=1S/C72H44N6O2/c1-5-19-45(20-6-1)49-27-15-30-53(41-49)68-74-69(54-31-16-28-50(42-54)46-21-7-2-8-22-46)78-72(77-68)60-40-39-56(66-65(60)57-33-13-14-35-61(57)80-66)52-29-17-32-55(43-52)70-73-67(48-25-11-4-12-26-48)75-71(76-70)59-34-18-36-62-64(59)58-38-37-51(44-63(58)79-62)47-23-9-3-10-24-47/h1-44H. The van der Waals surface area contributed by atoms with Crippen LogP contribution in [0.2, 0.25) is 0 Å². The van der Waals surface area contributed by atoms with E-state index in [1.807, 2.05) is 103 Å². The van der Waals surface area contributed by atoms with Crippen molar-refractivity contribution in [3.8, 4) is 113 Å². The van der Waals surface area contributed by atoms with Crippen LogP contribution in [-0.4, -0.2) is 29.9 Å². The molecule has 0 saturated heterocycles. The Hall–Kier alpha value is -11.0. The Labute approximate surface area is 460 Å². The molecule has 11 aromatic carbocycles. The van der Waals surface area contributed by atoms with Gasteiger partial charge in [0, 0.05) is 60.5 Å². The molecule has 0 aliphatic carbocycles. The van der Waals surface area contributed by atoms with Crippen molar-refractivity contribution < 1.29 is 8.83 Å². The molecule has 80 heavy (non-hydrogen) atoms. The van der Waals surface area contributed by atoms with Gasteiger partial charge < -0.3 is 8.83 Å². The Morgan fingerprint density at radius 1 is 0.200 bits per heavy atom. The molecule has 0 aliphatic rings. The number of rotatable bonds is 10. The summed E-state index contributed by atoms with van der Waals surface area (Å²) >= 11 is 0. The molecule has 4 aromatic heterocycles. The number of aromatic nitrogens is 6. The van der Waals surface area contributed by atoms with E-state index < -0.39 is 0 Å². The quantitative estimate of drug-likeness (QED) is 0.133. The van der Waals surface area contributed by atoms with Crippen molar-refractivity contribution in [1.82, 2.24) is 29.9 Å². The minimum atomic E-state index is 0.528. The molecule has 0 unspecified atom stereocenters. The summed E-state index contributed by atoms with van der Waals surface area (Å²) in [5.41, 5.74) is 16.5. The second-order valence-corrected chi connectivity index (χ2v) is 19.8. The number of para-hydroxylation sites is 1. The lowest BCUT2D eigenvalue weighted by atomic mass is 9.96. The van der Waals surface area contributed by atoms with Gasteiger partial charge in [0.15, 0.2) is 34.9 Å². The fourth-order valence-electron chi connectivity index (χ4n) is 10.9. The number of hydrogen-bond acceptors (Lipinski definition) is 8. The first kappa shape index (κ1) is 46.4. The minimum absolute atomic E-state index is 0.528. The summed E-state index contributed by atoms with van der Waals surface area (Å²) < 4.78 is 13.5. The van der Waals surface area contributed by atoms with E-state index in [1.165, 1.54) is 0 Å². The maximum Gasteiger partial charge on any atom is 0.164 e. The number of benzene rings is 11. The largest absolute Gasteiger partial charge is 0.456 e. The van der Waals surface area contributed by atoms with Gasteiger partial charge in [-0.25, -0.2) is 29.9 Å². The predicted molar refractivity (Wildman–Crippen MR) is 322 cm³/mol. The average Bonchev–Trinajstić information content (AvgIpc) is 4.33. The van der Waals surface area contributed by atoms with Crippen LogP contribution in [0, 0.1) is 0 Å². The van der Waals surface area contributed by atoms with E-state index in [1.54, 1.807) is 0 Å². The molecule has 0 N–H and O–H groups in total. The molecule has 0 radical (unpaired) electrons. The Morgan fingerprint density at radius 3 is 1.16 bits per heavy atom. The molecular formula is C72H44N6O2. The van der Waals surface area contributed by atoms with Crippen LogP contribution < -0.4 is 0 Å². The third-order valence-electron chi connectivity index (χ3n) is 14.8. The van der Waals surface area contributed by atoms with Gasteiger partial charge in [-0.1, -0.05) is 212 Å². The fraction of sp³-hybridized carbons (Fsp3) is 0. The zero-order valence-corrected chi connectivity index (χ0v) is 42.9. The fourth-order valence-corrected chi connectivity index (χ4v) is 10.9. The topological polar surface area (TPSA) is 104 Å². The lowest BCUT2D eigenvalue weighted by Crippen LogP contribution is -2.01. The maximum atomic E-state index is 6.94. The van der Waals surface area contributed by atoms with Gasteiger partial charge >= 0.3 is 0 Å². The number of nitrogens with zero attached hydrogens (tertiary/aromatic N) is 6. The second kappa shape index (κ2) is 19.6. The average molecular weight is 1030 g/mol. The first-order chi connectivity index (χ1) is 39.6. The highest BCUT2D eigenvalue weighted by atomic mass is 16.3. The van der Waals surface area contributed by atoms with Gasteiger partial charge in [-0.15, -0.1) is 0 Å². The van der Waals surface area contributed by atoms with Crippen molar-refractivity contribution in [2.45, 2.75) is 0 Å². The molecule has 0 fully saturated rings. The van der Waals surface area contributed by atoms with Gasteiger partial charge in [0.05, 0.1) is 0 Å². The summed E-state index contributed by atoms with van der Waals surface area (Å²) in [6, 6.07) is 91.1. The minimum Gasteiger partial charge on any atom is -0.456 e. The number of furan rings is 2. The van der Waals surface area contributed by atoms with Crippen molar-refractivity contribution in [3.05, 3.63) is 267 Å². The van der Waals surface area contributed by atoms with Crippen LogP contribution in [-0.2, 0) is 0 Å². The SMILES string of the molecule is c1ccc(-c2cccc(-c3nc(-c4cccc(-c5ccccc5)c4)nc(-c4ccc(-c5cccc(-c6nc(-c7ccccc7)nc(-c7cccc8oc9cc(-c%10ccccc%10)ccc9c78)n6)c5)c5oc6ccccc6c45)n3)c2)cc1. The Bertz CT molecular complexity index is 4730. The van der Waals surface area contributed by atoms with Crippen LogP contribution in [0.4, 0.5) is 0 Å². The lowest BCUT2D eigenvalue weighted by molar-refractivity contribution is 0.669. The van der Waals surface area contributed by atoms with Gasteiger partial charge in [-0.05, 0) is 93.5 Å². The lowest BCUT2D eigenvalue weighted by Gasteiger charge is -2.13. The second-order valence-electron chi connectivity index (χ2n) is 19.8. The van der Waals surface area contributed by atoms with Crippen molar-refractivity contribution >= 4 is 43.9 Å². The van der Waals surface area contributed by atoms with Gasteiger partial charge in [0.1, 0.15) is 22.3 Å². The Balaban J connectivity index is 0.880. The van der Waals surface area contributed by atoms with Crippen LogP contribution in [0.25, 0.3) is 157 Å². The van der Waals surface area contributed by atoms with E-state index in [0.717, 1.165) is 116 Å². The highest BCUT2D eigenvalue weighted by Gasteiger charge is 2.23. The van der Waals surface area contributed by atoms with E-state index in [4.69, 9.17) is 38.7 Å². The molecule has 0 aliphatic heterocycles. The molecule has 0 saturated carbocycles. The van der Waals surface area contributed by atoms with Gasteiger partial charge in [-0.2, -0.15) is 0 Å².